The molecule has 3 heteroatoms. The smallest absolute Gasteiger partial charge is 0.163 e. The van der Waals surface area contributed by atoms with Crippen LogP contribution in [0.1, 0.15) is 58.1 Å². The van der Waals surface area contributed by atoms with Crippen LogP contribution in [-0.4, -0.2) is 6.54 Å². The Hall–Kier alpha value is -0.960. The predicted molar refractivity (Wildman–Crippen MR) is 78.5 cm³/mol. The topological polar surface area (TPSA) is 12.0 Å². The predicted octanol–water partition coefficient (Wildman–Crippen LogP) is 4.83. The zero-order chi connectivity index (χ0) is 14.8. The number of hydrogen-bond donors (Lipinski definition) is 1. The average Bonchev–Trinajstić information content (AvgIpc) is 2.40. The van der Waals surface area contributed by atoms with E-state index in [1.54, 1.807) is 12.1 Å². The minimum Gasteiger partial charge on any atom is -0.310 e. The van der Waals surface area contributed by atoms with Gasteiger partial charge in [-0.15, -0.1) is 0 Å². The standard InChI is InChI=1S/C17H25F2N/c1-4-20-16(12-8-7-10-14(18)15(12)19)13-9-5-6-11-17(13,2)3/h7-8,10,13,16,20H,4-6,9,11H2,1-3H3. The lowest BCUT2D eigenvalue weighted by Gasteiger charge is -2.43. The highest BCUT2D eigenvalue weighted by Crippen LogP contribution is 2.47. The summed E-state index contributed by atoms with van der Waals surface area (Å²) in [5.74, 6) is -1.11. The maximum atomic E-state index is 14.2. The minimum atomic E-state index is -0.751. The maximum absolute atomic E-state index is 14.2. The molecule has 0 aromatic heterocycles. The van der Waals surface area contributed by atoms with E-state index >= 15 is 0 Å². The third-order valence-electron chi connectivity index (χ3n) is 4.73. The van der Waals surface area contributed by atoms with Crippen molar-refractivity contribution >= 4 is 0 Å². The van der Waals surface area contributed by atoms with E-state index < -0.39 is 11.6 Å². The summed E-state index contributed by atoms with van der Waals surface area (Å²) in [5.41, 5.74) is 0.635. The molecular formula is C17H25F2N. The molecule has 1 nitrogen and oxygen atoms in total. The molecule has 0 saturated heterocycles. The number of benzene rings is 1. The molecule has 1 fully saturated rings. The molecule has 1 aromatic carbocycles. The lowest BCUT2D eigenvalue weighted by molar-refractivity contribution is 0.0971. The third kappa shape index (κ3) is 3.03. The Labute approximate surface area is 120 Å². The Bertz CT molecular complexity index is 456. The van der Waals surface area contributed by atoms with Crippen LogP contribution in [0.25, 0.3) is 0 Å². The highest BCUT2D eigenvalue weighted by molar-refractivity contribution is 5.24. The summed E-state index contributed by atoms with van der Waals surface area (Å²) in [7, 11) is 0. The van der Waals surface area contributed by atoms with Crippen molar-refractivity contribution in [1.29, 1.82) is 0 Å². The van der Waals surface area contributed by atoms with Crippen molar-refractivity contribution in [3.8, 4) is 0 Å². The monoisotopic (exact) mass is 281 g/mol. The zero-order valence-corrected chi connectivity index (χ0v) is 12.7. The van der Waals surface area contributed by atoms with Gasteiger partial charge >= 0.3 is 0 Å². The van der Waals surface area contributed by atoms with Crippen molar-refractivity contribution in [2.24, 2.45) is 11.3 Å². The Morgan fingerprint density at radius 1 is 1.30 bits per heavy atom. The summed E-state index contributed by atoms with van der Waals surface area (Å²) in [5, 5.41) is 3.39. The summed E-state index contributed by atoms with van der Waals surface area (Å²) in [6, 6.07) is 4.41. The normalized spacial score (nSPS) is 23.6. The maximum Gasteiger partial charge on any atom is 0.163 e. The molecular weight excluding hydrogens is 256 g/mol. The zero-order valence-electron chi connectivity index (χ0n) is 12.7. The summed E-state index contributed by atoms with van der Waals surface area (Å²) in [6.45, 7) is 7.27. The van der Waals surface area contributed by atoms with Crippen molar-refractivity contribution in [2.45, 2.75) is 52.5 Å². The highest BCUT2D eigenvalue weighted by atomic mass is 19.2. The fourth-order valence-corrected chi connectivity index (χ4v) is 3.59. The molecule has 0 aliphatic heterocycles. The molecule has 0 heterocycles. The lowest BCUT2D eigenvalue weighted by Crippen LogP contribution is -2.39. The Balaban J connectivity index is 2.37. The Morgan fingerprint density at radius 2 is 2.05 bits per heavy atom. The quantitative estimate of drug-likeness (QED) is 0.833. The van der Waals surface area contributed by atoms with Crippen molar-refractivity contribution < 1.29 is 8.78 Å². The van der Waals surface area contributed by atoms with Gasteiger partial charge in [-0.25, -0.2) is 8.78 Å². The van der Waals surface area contributed by atoms with Crippen LogP contribution in [0.15, 0.2) is 18.2 Å². The van der Waals surface area contributed by atoms with Crippen LogP contribution in [0.4, 0.5) is 8.78 Å². The van der Waals surface area contributed by atoms with E-state index in [2.05, 4.69) is 19.2 Å². The number of rotatable bonds is 4. The first-order valence-corrected chi connectivity index (χ1v) is 7.64. The van der Waals surface area contributed by atoms with Gasteiger partial charge in [-0.2, -0.15) is 0 Å². The second kappa shape index (κ2) is 6.21. The van der Waals surface area contributed by atoms with Crippen LogP contribution < -0.4 is 5.32 Å². The first-order chi connectivity index (χ1) is 9.47. The van der Waals surface area contributed by atoms with Gasteiger partial charge in [0.05, 0.1) is 0 Å². The molecule has 1 aliphatic carbocycles. The van der Waals surface area contributed by atoms with Crippen LogP contribution in [0.3, 0.4) is 0 Å². The molecule has 1 aromatic rings. The molecule has 0 spiro atoms. The first kappa shape index (κ1) is 15.4. The van der Waals surface area contributed by atoms with Crippen LogP contribution >= 0.6 is 0 Å². The highest BCUT2D eigenvalue weighted by Gasteiger charge is 2.38. The lowest BCUT2D eigenvalue weighted by atomic mass is 9.64. The van der Waals surface area contributed by atoms with Crippen molar-refractivity contribution in [3.63, 3.8) is 0 Å². The molecule has 0 radical (unpaired) electrons. The molecule has 2 atom stereocenters. The van der Waals surface area contributed by atoms with Crippen LogP contribution in [0.2, 0.25) is 0 Å². The Morgan fingerprint density at radius 3 is 2.70 bits per heavy atom. The fraction of sp³-hybridized carbons (Fsp3) is 0.647. The van der Waals surface area contributed by atoms with Gasteiger partial charge in [0, 0.05) is 11.6 Å². The van der Waals surface area contributed by atoms with Gasteiger partial charge in [0.1, 0.15) is 0 Å². The van der Waals surface area contributed by atoms with E-state index in [0.29, 0.717) is 11.5 Å². The van der Waals surface area contributed by atoms with Crippen molar-refractivity contribution in [2.75, 3.05) is 6.54 Å². The molecule has 0 amide bonds. The van der Waals surface area contributed by atoms with E-state index in [-0.39, 0.29) is 11.5 Å². The summed E-state index contributed by atoms with van der Waals surface area (Å²) in [4.78, 5) is 0. The average molecular weight is 281 g/mol. The second-order valence-electron chi connectivity index (χ2n) is 6.52. The van der Waals surface area contributed by atoms with Crippen LogP contribution in [0, 0.1) is 23.0 Å². The van der Waals surface area contributed by atoms with Gasteiger partial charge in [-0.1, -0.05) is 45.7 Å². The minimum absolute atomic E-state index is 0.106. The first-order valence-electron chi connectivity index (χ1n) is 7.64. The van der Waals surface area contributed by atoms with E-state index in [1.165, 1.54) is 18.9 Å². The van der Waals surface area contributed by atoms with E-state index in [1.807, 2.05) is 6.92 Å². The van der Waals surface area contributed by atoms with Crippen molar-refractivity contribution in [1.82, 2.24) is 5.32 Å². The Kier molecular flexibility index (Phi) is 4.79. The number of hydrogen-bond acceptors (Lipinski definition) is 1. The third-order valence-corrected chi connectivity index (χ3v) is 4.73. The molecule has 1 N–H and O–H groups in total. The fourth-order valence-electron chi connectivity index (χ4n) is 3.59. The van der Waals surface area contributed by atoms with Gasteiger partial charge in [0.15, 0.2) is 11.6 Å². The molecule has 0 bridgehead atoms. The number of halogens is 2. The van der Waals surface area contributed by atoms with Gasteiger partial charge in [0.2, 0.25) is 0 Å². The largest absolute Gasteiger partial charge is 0.310 e. The van der Waals surface area contributed by atoms with Crippen molar-refractivity contribution in [3.05, 3.63) is 35.4 Å². The number of nitrogens with one attached hydrogen (secondary N) is 1. The second-order valence-corrected chi connectivity index (χ2v) is 6.52. The van der Waals surface area contributed by atoms with Gasteiger partial charge in [-0.3, -0.25) is 0 Å². The van der Waals surface area contributed by atoms with Gasteiger partial charge in [0.25, 0.3) is 0 Å². The van der Waals surface area contributed by atoms with E-state index in [0.717, 1.165) is 19.4 Å². The molecule has 2 unspecified atom stereocenters. The molecule has 20 heavy (non-hydrogen) atoms. The summed E-state index contributed by atoms with van der Waals surface area (Å²) >= 11 is 0. The van der Waals surface area contributed by atoms with Crippen LogP contribution in [-0.2, 0) is 0 Å². The molecule has 1 aliphatic rings. The SMILES string of the molecule is CCNC(c1cccc(F)c1F)C1CCCCC1(C)C. The molecule has 1 saturated carbocycles. The summed E-state index contributed by atoms with van der Waals surface area (Å²) < 4.78 is 27.7. The van der Waals surface area contributed by atoms with E-state index in [9.17, 15) is 8.78 Å². The van der Waals surface area contributed by atoms with Gasteiger partial charge in [-0.05, 0) is 36.8 Å². The van der Waals surface area contributed by atoms with E-state index in [4.69, 9.17) is 0 Å². The summed E-state index contributed by atoms with van der Waals surface area (Å²) in [6.07, 6.45) is 4.62. The van der Waals surface area contributed by atoms with Crippen LogP contribution in [0.5, 0.6) is 0 Å². The molecule has 112 valence electrons. The van der Waals surface area contributed by atoms with Gasteiger partial charge < -0.3 is 5.32 Å². The molecule has 2 rings (SSSR count).